The Kier molecular flexibility index (Phi) is 7.66. The largest absolute Gasteiger partial charge is 0.394 e. The van der Waals surface area contributed by atoms with Gasteiger partial charge in [-0.15, -0.1) is 0 Å². The Morgan fingerprint density at radius 3 is 2.25 bits per heavy atom. The highest BCUT2D eigenvalue weighted by molar-refractivity contribution is 5.66. The van der Waals surface area contributed by atoms with Crippen LogP contribution in [0.25, 0.3) is 11.1 Å². The SMILES string of the molecule is Cc1cc(-c2cccc(C#N)c2)ccc1C(O)C(OC(CO)C(C)O)C(O)O. The number of aliphatic hydroxyl groups is 5. The van der Waals surface area contributed by atoms with Crippen molar-refractivity contribution in [2.24, 2.45) is 0 Å². The van der Waals surface area contributed by atoms with Crippen molar-refractivity contribution in [2.45, 2.75) is 44.6 Å². The van der Waals surface area contributed by atoms with Crippen molar-refractivity contribution >= 4 is 0 Å². The lowest BCUT2D eigenvalue weighted by Crippen LogP contribution is -2.42. The van der Waals surface area contributed by atoms with Crippen LogP contribution in [0.5, 0.6) is 0 Å². The average molecular weight is 387 g/mol. The second-order valence-electron chi connectivity index (χ2n) is 6.68. The molecular weight excluding hydrogens is 362 g/mol. The van der Waals surface area contributed by atoms with E-state index in [2.05, 4.69) is 6.07 Å². The zero-order valence-corrected chi connectivity index (χ0v) is 15.7. The van der Waals surface area contributed by atoms with Gasteiger partial charge in [-0.1, -0.05) is 30.3 Å². The quantitative estimate of drug-likeness (QED) is 0.427. The summed E-state index contributed by atoms with van der Waals surface area (Å²) in [6.07, 6.45) is -7.01. The van der Waals surface area contributed by atoms with Crippen LogP contribution >= 0.6 is 0 Å². The first-order valence-electron chi connectivity index (χ1n) is 8.88. The summed E-state index contributed by atoms with van der Waals surface area (Å²) in [5, 5.41) is 57.8. The fraction of sp³-hybridized carbons (Fsp3) is 0.381. The molecule has 0 saturated carbocycles. The van der Waals surface area contributed by atoms with Crippen molar-refractivity contribution in [3.63, 3.8) is 0 Å². The van der Waals surface area contributed by atoms with Gasteiger partial charge in [-0.2, -0.15) is 5.26 Å². The van der Waals surface area contributed by atoms with Crippen molar-refractivity contribution in [1.29, 1.82) is 5.26 Å². The Bertz CT molecular complexity index is 830. The van der Waals surface area contributed by atoms with Gasteiger partial charge < -0.3 is 30.3 Å². The van der Waals surface area contributed by atoms with Crippen LogP contribution in [0.4, 0.5) is 0 Å². The molecule has 0 bridgehead atoms. The minimum Gasteiger partial charge on any atom is -0.394 e. The van der Waals surface area contributed by atoms with Gasteiger partial charge in [-0.3, -0.25) is 0 Å². The Hall–Kier alpha value is -2.31. The summed E-state index contributed by atoms with van der Waals surface area (Å²) < 4.78 is 5.35. The topological polar surface area (TPSA) is 134 Å². The molecular formula is C21H25NO6. The molecule has 0 aliphatic carbocycles. The molecule has 0 saturated heterocycles. The van der Waals surface area contributed by atoms with Crippen LogP contribution in [-0.2, 0) is 4.74 Å². The first-order valence-corrected chi connectivity index (χ1v) is 8.88. The number of aryl methyl sites for hydroxylation is 1. The Morgan fingerprint density at radius 1 is 1.04 bits per heavy atom. The van der Waals surface area contributed by atoms with Crippen LogP contribution in [0.2, 0.25) is 0 Å². The molecule has 0 spiro atoms. The van der Waals surface area contributed by atoms with Gasteiger partial charge in [0, 0.05) is 0 Å². The van der Waals surface area contributed by atoms with Crippen LogP contribution in [0, 0.1) is 18.3 Å². The molecule has 0 fully saturated rings. The lowest BCUT2D eigenvalue weighted by atomic mass is 9.94. The van der Waals surface area contributed by atoms with E-state index in [1.54, 1.807) is 37.3 Å². The minimum absolute atomic E-state index is 0.417. The van der Waals surface area contributed by atoms with Crippen molar-refractivity contribution < 1.29 is 30.3 Å². The van der Waals surface area contributed by atoms with Crippen molar-refractivity contribution in [3.8, 4) is 17.2 Å². The predicted octanol–water partition coefficient (Wildman–Crippen LogP) is 1.00. The molecule has 2 rings (SSSR count). The van der Waals surface area contributed by atoms with E-state index in [1.165, 1.54) is 6.92 Å². The van der Waals surface area contributed by atoms with Gasteiger partial charge in [0.1, 0.15) is 18.3 Å². The summed E-state index contributed by atoms with van der Waals surface area (Å²) in [6, 6.07) is 14.4. The first kappa shape index (κ1) is 22.0. The Morgan fingerprint density at radius 2 is 1.71 bits per heavy atom. The monoisotopic (exact) mass is 387 g/mol. The number of nitrogens with zero attached hydrogens (tertiary/aromatic N) is 1. The number of nitriles is 1. The Labute approximate surface area is 163 Å². The summed E-state index contributed by atoms with van der Waals surface area (Å²) in [5.74, 6) is 0. The van der Waals surface area contributed by atoms with Gasteiger partial charge in [-0.25, -0.2) is 0 Å². The molecule has 7 heteroatoms. The molecule has 2 aromatic carbocycles. The highest BCUT2D eigenvalue weighted by Gasteiger charge is 2.32. The van der Waals surface area contributed by atoms with E-state index in [9.17, 15) is 25.5 Å². The van der Waals surface area contributed by atoms with Crippen LogP contribution in [0.3, 0.4) is 0 Å². The third kappa shape index (κ3) is 5.14. The number of benzene rings is 2. The highest BCUT2D eigenvalue weighted by atomic mass is 16.6. The maximum Gasteiger partial charge on any atom is 0.181 e. The van der Waals surface area contributed by atoms with E-state index in [0.717, 1.165) is 11.1 Å². The summed E-state index contributed by atoms with van der Waals surface area (Å²) >= 11 is 0. The molecule has 0 aromatic heterocycles. The highest BCUT2D eigenvalue weighted by Crippen LogP contribution is 2.29. The molecule has 150 valence electrons. The summed E-state index contributed by atoms with van der Waals surface area (Å²) in [5.41, 5.74) is 3.31. The van der Waals surface area contributed by atoms with Crippen LogP contribution in [0.1, 0.15) is 29.7 Å². The third-order valence-electron chi connectivity index (χ3n) is 4.57. The summed E-state index contributed by atoms with van der Waals surface area (Å²) in [7, 11) is 0. The molecule has 2 aromatic rings. The van der Waals surface area contributed by atoms with Gasteiger partial charge in [0.2, 0.25) is 0 Å². The second kappa shape index (κ2) is 9.75. The van der Waals surface area contributed by atoms with E-state index in [0.29, 0.717) is 16.7 Å². The maximum atomic E-state index is 10.7. The molecule has 28 heavy (non-hydrogen) atoms. The smallest absolute Gasteiger partial charge is 0.181 e. The summed E-state index contributed by atoms with van der Waals surface area (Å²) in [6.45, 7) is 2.61. The van der Waals surface area contributed by atoms with Crippen LogP contribution in [-0.4, -0.2) is 56.7 Å². The minimum atomic E-state index is -2.02. The molecule has 0 aliphatic rings. The average Bonchev–Trinajstić information content (AvgIpc) is 2.67. The van der Waals surface area contributed by atoms with E-state index in [1.807, 2.05) is 12.1 Å². The number of ether oxygens (including phenoxy) is 1. The fourth-order valence-electron chi connectivity index (χ4n) is 2.95. The van der Waals surface area contributed by atoms with Crippen molar-refractivity contribution in [1.82, 2.24) is 0 Å². The molecule has 0 amide bonds. The van der Waals surface area contributed by atoms with Crippen molar-refractivity contribution in [3.05, 3.63) is 59.2 Å². The third-order valence-corrected chi connectivity index (χ3v) is 4.57. The van der Waals surface area contributed by atoms with Gasteiger partial charge in [0.15, 0.2) is 6.29 Å². The molecule has 5 N–H and O–H groups in total. The molecule has 0 heterocycles. The lowest BCUT2D eigenvalue weighted by molar-refractivity contribution is -0.216. The molecule has 0 aliphatic heterocycles. The summed E-state index contributed by atoms with van der Waals surface area (Å²) in [4.78, 5) is 0. The number of hydrogen-bond donors (Lipinski definition) is 5. The first-order chi connectivity index (χ1) is 13.3. The molecule has 7 nitrogen and oxygen atoms in total. The zero-order valence-electron chi connectivity index (χ0n) is 15.7. The van der Waals surface area contributed by atoms with E-state index >= 15 is 0 Å². The van der Waals surface area contributed by atoms with Gasteiger partial charge in [0.25, 0.3) is 0 Å². The predicted molar refractivity (Wildman–Crippen MR) is 102 cm³/mol. The molecule has 4 unspecified atom stereocenters. The Balaban J connectivity index is 2.31. The van der Waals surface area contributed by atoms with E-state index < -0.39 is 37.3 Å². The van der Waals surface area contributed by atoms with Crippen molar-refractivity contribution in [2.75, 3.05) is 6.61 Å². The molecule has 0 radical (unpaired) electrons. The maximum absolute atomic E-state index is 10.7. The fourth-order valence-corrected chi connectivity index (χ4v) is 2.95. The van der Waals surface area contributed by atoms with Crippen LogP contribution in [0.15, 0.2) is 42.5 Å². The number of hydrogen-bond acceptors (Lipinski definition) is 7. The van der Waals surface area contributed by atoms with Gasteiger partial charge in [0.05, 0.1) is 24.3 Å². The second-order valence-corrected chi connectivity index (χ2v) is 6.68. The lowest BCUT2D eigenvalue weighted by Gasteiger charge is -2.30. The number of aliphatic hydroxyl groups excluding tert-OH is 4. The van der Waals surface area contributed by atoms with Crippen LogP contribution < -0.4 is 0 Å². The van der Waals surface area contributed by atoms with Gasteiger partial charge in [-0.05, 0) is 48.2 Å². The van der Waals surface area contributed by atoms with Gasteiger partial charge >= 0.3 is 0 Å². The number of rotatable bonds is 8. The standard InChI is InChI=1S/C21H25NO6/c1-12-8-16(15-5-3-4-14(9-15)10-22)6-7-17(12)19(25)20(21(26)27)28-18(11-23)13(2)24/h3-9,13,18-21,23-27H,11H2,1-2H3. The van der Waals surface area contributed by atoms with E-state index in [-0.39, 0.29) is 0 Å². The molecule has 4 atom stereocenters. The van der Waals surface area contributed by atoms with E-state index in [4.69, 9.17) is 10.00 Å². The normalized spacial score (nSPS) is 15.7. The zero-order chi connectivity index (χ0) is 20.8.